The number of piperidine rings is 1. The second-order valence-corrected chi connectivity index (χ2v) is 7.35. The molecule has 0 aliphatic carbocycles. The monoisotopic (exact) mass is 327 g/mol. The zero-order valence-corrected chi connectivity index (χ0v) is 14.6. The molecule has 2 saturated heterocycles. The molecule has 2 rings (SSSR count). The van der Waals surface area contributed by atoms with Gasteiger partial charge in [-0.25, -0.2) is 0 Å². The Bertz CT molecular complexity index is 392. The van der Waals surface area contributed by atoms with Gasteiger partial charge in [0.25, 0.3) is 0 Å². The molecule has 0 aromatic rings. The Morgan fingerprint density at radius 1 is 1.36 bits per heavy atom. The number of carbonyl (C=O) groups excluding carboxylic acids is 2. The van der Waals surface area contributed by atoms with Crippen LogP contribution in [-0.4, -0.2) is 46.6 Å². The molecule has 6 heteroatoms. The van der Waals surface area contributed by atoms with Gasteiger partial charge in [0.2, 0.25) is 11.8 Å². The second kappa shape index (κ2) is 8.77. The van der Waals surface area contributed by atoms with Crippen LogP contribution in [0.15, 0.2) is 0 Å². The maximum atomic E-state index is 12.5. The molecule has 2 aliphatic rings. The Kier molecular flexibility index (Phi) is 7.02. The first-order chi connectivity index (χ1) is 10.6. The third kappa shape index (κ3) is 4.88. The Morgan fingerprint density at radius 3 is 2.91 bits per heavy atom. The van der Waals surface area contributed by atoms with Gasteiger partial charge in [0.1, 0.15) is 5.50 Å². The summed E-state index contributed by atoms with van der Waals surface area (Å²) in [7, 11) is 0. The molecular formula is C16H29N3O2S. The predicted molar refractivity (Wildman–Crippen MR) is 90.5 cm³/mol. The number of carbonyl (C=O) groups is 2. The number of hydrogen-bond donors (Lipinski definition) is 2. The van der Waals surface area contributed by atoms with Crippen LogP contribution in [0, 0.1) is 0 Å². The standard InChI is InChI=1S/C16H29N3O2S/c1-3-7-12-10-14(20)18-16(17-12)22-11-15(21)19-9-6-5-8-13(19)4-2/h12-13,16-17H,3-11H2,1-2H3,(H,18,20). The van der Waals surface area contributed by atoms with E-state index in [1.54, 1.807) is 0 Å². The summed E-state index contributed by atoms with van der Waals surface area (Å²) < 4.78 is 0. The van der Waals surface area contributed by atoms with E-state index in [4.69, 9.17) is 0 Å². The van der Waals surface area contributed by atoms with Gasteiger partial charge < -0.3 is 10.2 Å². The highest BCUT2D eigenvalue weighted by Crippen LogP contribution is 2.22. The molecule has 3 atom stereocenters. The Hall–Kier alpha value is -0.750. The van der Waals surface area contributed by atoms with E-state index in [1.165, 1.54) is 18.2 Å². The number of hydrogen-bond acceptors (Lipinski definition) is 4. The molecule has 22 heavy (non-hydrogen) atoms. The molecule has 2 amide bonds. The topological polar surface area (TPSA) is 61.4 Å². The van der Waals surface area contributed by atoms with E-state index in [0.29, 0.717) is 18.2 Å². The Morgan fingerprint density at radius 2 is 2.18 bits per heavy atom. The van der Waals surface area contributed by atoms with Crippen molar-refractivity contribution < 1.29 is 9.59 Å². The highest BCUT2D eigenvalue weighted by molar-refractivity contribution is 8.00. The van der Waals surface area contributed by atoms with Crippen LogP contribution in [0.1, 0.15) is 58.8 Å². The molecule has 5 nitrogen and oxygen atoms in total. The molecule has 0 bridgehead atoms. The SMILES string of the molecule is CCCC1CC(=O)NC(SCC(=O)N2CCCCC2CC)N1. The Labute approximate surface area is 138 Å². The molecule has 126 valence electrons. The van der Waals surface area contributed by atoms with Crippen molar-refractivity contribution in [2.24, 2.45) is 0 Å². The zero-order valence-electron chi connectivity index (χ0n) is 13.8. The quantitative estimate of drug-likeness (QED) is 0.784. The normalized spacial score (nSPS) is 29.3. The summed E-state index contributed by atoms with van der Waals surface area (Å²) >= 11 is 1.51. The summed E-state index contributed by atoms with van der Waals surface area (Å²) in [5.74, 6) is 0.740. The van der Waals surface area contributed by atoms with Crippen molar-refractivity contribution in [3.8, 4) is 0 Å². The van der Waals surface area contributed by atoms with Crippen molar-refractivity contribution in [2.75, 3.05) is 12.3 Å². The van der Waals surface area contributed by atoms with E-state index < -0.39 is 0 Å². The molecule has 2 N–H and O–H groups in total. The minimum absolute atomic E-state index is 0.0894. The van der Waals surface area contributed by atoms with Crippen molar-refractivity contribution >= 4 is 23.6 Å². The molecule has 2 heterocycles. The first-order valence-corrected chi connectivity index (χ1v) is 9.65. The third-order valence-corrected chi connectivity index (χ3v) is 5.54. The average molecular weight is 327 g/mol. The van der Waals surface area contributed by atoms with E-state index in [9.17, 15) is 9.59 Å². The van der Waals surface area contributed by atoms with Crippen LogP contribution in [0.3, 0.4) is 0 Å². The number of amides is 2. The van der Waals surface area contributed by atoms with Crippen LogP contribution in [0.2, 0.25) is 0 Å². The first kappa shape index (κ1) is 17.6. The van der Waals surface area contributed by atoms with Crippen molar-refractivity contribution in [1.29, 1.82) is 0 Å². The summed E-state index contributed by atoms with van der Waals surface area (Å²) in [6.07, 6.45) is 7.12. The third-order valence-electron chi connectivity index (χ3n) is 4.54. The van der Waals surface area contributed by atoms with Gasteiger partial charge in [-0.3, -0.25) is 14.9 Å². The number of likely N-dealkylation sites (tertiary alicyclic amines) is 1. The van der Waals surface area contributed by atoms with Gasteiger partial charge >= 0.3 is 0 Å². The van der Waals surface area contributed by atoms with E-state index in [1.807, 2.05) is 4.90 Å². The van der Waals surface area contributed by atoms with E-state index in [2.05, 4.69) is 24.5 Å². The molecule has 0 spiro atoms. The molecule has 0 saturated carbocycles. The van der Waals surface area contributed by atoms with Crippen LogP contribution in [0.4, 0.5) is 0 Å². The van der Waals surface area contributed by atoms with Gasteiger partial charge in [-0.1, -0.05) is 20.3 Å². The van der Waals surface area contributed by atoms with E-state index in [-0.39, 0.29) is 23.4 Å². The summed E-state index contributed by atoms with van der Waals surface area (Å²) in [5.41, 5.74) is -0.133. The largest absolute Gasteiger partial charge is 0.339 e. The predicted octanol–water partition coefficient (Wildman–Crippen LogP) is 2.07. The summed E-state index contributed by atoms with van der Waals surface area (Å²) in [6, 6.07) is 0.647. The second-order valence-electron chi connectivity index (χ2n) is 6.26. The average Bonchev–Trinajstić information content (AvgIpc) is 2.52. The van der Waals surface area contributed by atoms with Crippen molar-refractivity contribution in [3.05, 3.63) is 0 Å². The van der Waals surface area contributed by atoms with Crippen molar-refractivity contribution in [1.82, 2.24) is 15.5 Å². The maximum Gasteiger partial charge on any atom is 0.232 e. The lowest BCUT2D eigenvalue weighted by molar-refractivity contribution is -0.132. The van der Waals surface area contributed by atoms with Crippen LogP contribution in [0.25, 0.3) is 0 Å². The van der Waals surface area contributed by atoms with Crippen LogP contribution >= 0.6 is 11.8 Å². The molecule has 0 radical (unpaired) electrons. The fourth-order valence-corrected chi connectivity index (χ4v) is 4.34. The molecule has 3 unspecified atom stereocenters. The summed E-state index contributed by atoms with van der Waals surface area (Å²) in [6.45, 7) is 5.17. The first-order valence-electron chi connectivity index (χ1n) is 8.60. The molecule has 2 fully saturated rings. The van der Waals surface area contributed by atoms with Crippen LogP contribution in [0.5, 0.6) is 0 Å². The summed E-state index contributed by atoms with van der Waals surface area (Å²) in [5, 5.41) is 6.36. The van der Waals surface area contributed by atoms with Gasteiger partial charge in [-0.2, -0.15) is 0 Å². The highest BCUT2D eigenvalue weighted by Gasteiger charge is 2.28. The lowest BCUT2D eigenvalue weighted by Gasteiger charge is -2.36. The van der Waals surface area contributed by atoms with Crippen LogP contribution < -0.4 is 10.6 Å². The fraction of sp³-hybridized carbons (Fsp3) is 0.875. The van der Waals surface area contributed by atoms with Gasteiger partial charge in [0, 0.05) is 25.0 Å². The molecule has 2 aliphatic heterocycles. The minimum Gasteiger partial charge on any atom is -0.339 e. The fourth-order valence-electron chi connectivity index (χ4n) is 3.36. The minimum atomic E-state index is -0.133. The number of nitrogens with zero attached hydrogens (tertiary/aromatic N) is 1. The number of thioether (sulfide) groups is 1. The van der Waals surface area contributed by atoms with Crippen LogP contribution in [-0.2, 0) is 9.59 Å². The number of rotatable bonds is 6. The summed E-state index contributed by atoms with van der Waals surface area (Å²) in [4.78, 5) is 26.3. The number of nitrogens with one attached hydrogen (secondary N) is 2. The van der Waals surface area contributed by atoms with Gasteiger partial charge in [0.05, 0.1) is 5.75 Å². The lowest BCUT2D eigenvalue weighted by Crippen LogP contribution is -2.55. The lowest BCUT2D eigenvalue weighted by atomic mass is 10.0. The van der Waals surface area contributed by atoms with Gasteiger partial charge in [-0.05, 0) is 32.1 Å². The Balaban J connectivity index is 1.80. The molecular weight excluding hydrogens is 298 g/mol. The van der Waals surface area contributed by atoms with Crippen molar-refractivity contribution in [2.45, 2.75) is 76.4 Å². The molecule has 0 aromatic carbocycles. The zero-order chi connectivity index (χ0) is 15.9. The van der Waals surface area contributed by atoms with E-state index in [0.717, 1.165) is 38.6 Å². The van der Waals surface area contributed by atoms with Gasteiger partial charge in [-0.15, -0.1) is 11.8 Å². The van der Waals surface area contributed by atoms with Gasteiger partial charge in [0.15, 0.2) is 0 Å². The highest BCUT2D eigenvalue weighted by atomic mass is 32.2. The van der Waals surface area contributed by atoms with E-state index >= 15 is 0 Å². The van der Waals surface area contributed by atoms with Crippen molar-refractivity contribution in [3.63, 3.8) is 0 Å². The maximum absolute atomic E-state index is 12.5. The smallest absolute Gasteiger partial charge is 0.232 e. The molecule has 0 aromatic heterocycles.